The van der Waals surface area contributed by atoms with E-state index in [2.05, 4.69) is 159 Å². The van der Waals surface area contributed by atoms with E-state index in [1.807, 2.05) is 72.3 Å². The molecule has 0 atom stereocenters. The second kappa shape index (κ2) is 26.6. The van der Waals surface area contributed by atoms with E-state index in [1.165, 1.54) is 86.8 Å². The average molecular weight is 1490 g/mol. The normalized spacial score (nSPS) is 11.9. The first-order valence-electron chi connectivity index (χ1n) is 27.0. The molecule has 8 nitrogen and oxygen atoms in total. The zero-order chi connectivity index (χ0) is 57.9. The Kier molecular flexibility index (Phi) is 20.3. The molecule has 12 aromatic rings. The predicted molar refractivity (Wildman–Crippen MR) is 339 cm³/mol. The van der Waals surface area contributed by atoms with E-state index < -0.39 is 0 Å². The molecule has 0 saturated heterocycles. The maximum absolute atomic E-state index is 10.0. The quantitative estimate of drug-likeness (QED) is 0.0918. The van der Waals surface area contributed by atoms with Crippen LogP contribution in [0.2, 0.25) is 0 Å². The van der Waals surface area contributed by atoms with Gasteiger partial charge >= 0.3 is 0 Å². The molecule has 0 aliphatic carbocycles. The molecule has 428 valence electrons. The number of pyridine rings is 2. The summed E-state index contributed by atoms with van der Waals surface area (Å²) >= 11 is 3.62. The number of nitrogens with zero attached hydrogens (tertiary/aromatic N) is 2. The molecule has 12 heteroatoms. The minimum atomic E-state index is -0.125. The summed E-state index contributed by atoms with van der Waals surface area (Å²) in [7, 11) is 0. The maximum atomic E-state index is 10.0. The van der Waals surface area contributed by atoms with Crippen molar-refractivity contribution in [1.82, 2.24) is 9.97 Å². The number of rotatable bonds is 7. The van der Waals surface area contributed by atoms with E-state index >= 15 is 0 Å². The fourth-order valence-electron chi connectivity index (χ4n) is 9.44. The summed E-state index contributed by atoms with van der Waals surface area (Å²) in [6, 6.07) is 55.9. The van der Waals surface area contributed by atoms with Gasteiger partial charge in [0, 0.05) is 105 Å². The molecular weight excluding hydrogens is 1430 g/mol. The van der Waals surface area contributed by atoms with Crippen LogP contribution in [0.1, 0.15) is 106 Å². The standard InChI is InChI=1S/C33H30NOS.C28H20NOS.2C5H8O2.2Ir/c1-32(2,3)22-14-20(15-23(17-22)33(4,5)6)29-16-21-19-34-27(18-30(21)36-29)26-12-9-11-25-24-10-7-8-13-28(24)35-31(25)26;1-17(2)18-10-12-19(13-11-18)26-14-20-16-29-24(15-27(20)31-26)23-8-5-7-22-21-6-3-4-9-25(21)30-28(22)23;2*1-4(6)3-5(2)7;;/h7-11,13-19H,1-6H3;3-7,9-17H,1-2H3;2*3,6H,1-2H3;;/q2*-1;;;;. The Morgan fingerprint density at radius 2 is 0.940 bits per heavy atom. The minimum absolute atomic E-state index is 0. The van der Waals surface area contributed by atoms with Crippen LogP contribution in [0.15, 0.2) is 184 Å². The number of aromatic nitrogens is 2. The number of para-hydroxylation sites is 2. The van der Waals surface area contributed by atoms with Gasteiger partial charge in [-0.05, 0) is 120 Å². The fraction of sp³-hybridized carbons (Fsp3) is 0.211. The SMILES string of the molecule is CC(=O)C=C(C)O.CC(=O)C=C(C)O.CC(C)(C)c1cc(-c2cc3cnc(-c4[c-]ccc5c4oc4ccccc45)cc3s2)cc(C(C)(C)C)c1.CC(C)c1ccc(-c2cc3cnc(-c4[c-]ccc5c4oc4ccccc45)cc3s2)cc1.[Ir].[Ir]. The number of aliphatic hydroxyl groups excluding tert-OH is 2. The van der Waals surface area contributed by atoms with Crippen molar-refractivity contribution in [3.8, 4) is 43.4 Å². The van der Waals surface area contributed by atoms with Gasteiger partial charge in [0.1, 0.15) is 11.2 Å². The van der Waals surface area contributed by atoms with Gasteiger partial charge in [0.2, 0.25) is 0 Å². The minimum Gasteiger partial charge on any atom is -0.512 e. The first-order chi connectivity index (χ1) is 38.5. The topological polar surface area (TPSA) is 127 Å². The van der Waals surface area contributed by atoms with Crippen molar-refractivity contribution in [2.75, 3.05) is 0 Å². The van der Waals surface area contributed by atoms with Crippen LogP contribution in [-0.4, -0.2) is 31.7 Å². The maximum Gasteiger partial charge on any atom is 0.155 e. The number of allylic oxidation sites excluding steroid dienone is 4. The van der Waals surface area contributed by atoms with E-state index in [4.69, 9.17) is 29.0 Å². The molecule has 6 heterocycles. The van der Waals surface area contributed by atoms with E-state index in [1.54, 1.807) is 11.3 Å². The van der Waals surface area contributed by atoms with Crippen molar-refractivity contribution in [3.05, 3.63) is 204 Å². The average Bonchev–Trinajstić information content (AvgIpc) is 4.37. The van der Waals surface area contributed by atoms with Gasteiger partial charge in [0.05, 0.1) is 22.7 Å². The predicted octanol–water partition coefficient (Wildman–Crippen LogP) is 20.4. The number of hydrogen-bond donors (Lipinski definition) is 2. The Morgan fingerprint density at radius 3 is 1.31 bits per heavy atom. The van der Waals surface area contributed by atoms with Crippen molar-refractivity contribution in [2.45, 2.75) is 99.8 Å². The molecule has 0 fully saturated rings. The number of hydrogen-bond acceptors (Lipinski definition) is 10. The summed E-state index contributed by atoms with van der Waals surface area (Å²) in [4.78, 5) is 32.2. The second-order valence-electron chi connectivity index (χ2n) is 22.7. The van der Waals surface area contributed by atoms with E-state index in [-0.39, 0.29) is 74.1 Å². The van der Waals surface area contributed by atoms with Crippen LogP contribution in [-0.2, 0) is 60.6 Å². The Bertz CT molecular complexity index is 4290. The summed E-state index contributed by atoms with van der Waals surface area (Å²) in [5.74, 6) is 0.417. The number of furan rings is 2. The number of carbonyl (C=O) groups excluding carboxylic acids is 2. The zero-order valence-electron chi connectivity index (χ0n) is 48.6. The summed E-state index contributed by atoms with van der Waals surface area (Å²) < 4.78 is 14.9. The van der Waals surface area contributed by atoms with Gasteiger partial charge in [-0.1, -0.05) is 156 Å². The summed E-state index contributed by atoms with van der Waals surface area (Å²) in [6.07, 6.45) is 6.28. The smallest absolute Gasteiger partial charge is 0.155 e. The molecule has 0 aliphatic rings. The van der Waals surface area contributed by atoms with Gasteiger partial charge in [-0.15, -0.1) is 59.1 Å². The number of thiophene rings is 2. The molecule has 6 aromatic carbocycles. The fourth-order valence-corrected chi connectivity index (χ4v) is 11.6. The van der Waals surface area contributed by atoms with Crippen LogP contribution >= 0.6 is 22.7 Å². The molecule has 6 aromatic heterocycles. The molecule has 12 rings (SSSR count). The third kappa shape index (κ3) is 15.0. The molecule has 2 N–H and O–H groups in total. The molecule has 0 aliphatic heterocycles. The number of ketones is 2. The molecule has 0 spiro atoms. The Hall–Kier alpha value is -7.14. The molecule has 0 bridgehead atoms. The molecule has 0 amide bonds. The molecule has 0 unspecified atom stereocenters. The van der Waals surface area contributed by atoms with Crippen LogP contribution in [0, 0.1) is 12.1 Å². The largest absolute Gasteiger partial charge is 0.512 e. The third-order valence-corrected chi connectivity index (χ3v) is 15.9. The zero-order valence-corrected chi connectivity index (χ0v) is 55.0. The van der Waals surface area contributed by atoms with Crippen molar-refractivity contribution in [3.63, 3.8) is 0 Å². The Labute approximate surface area is 520 Å². The van der Waals surface area contributed by atoms with Crippen LogP contribution in [0.25, 0.3) is 107 Å². The van der Waals surface area contributed by atoms with E-state index in [0.717, 1.165) is 77.2 Å². The third-order valence-electron chi connectivity index (χ3n) is 13.6. The van der Waals surface area contributed by atoms with Gasteiger partial charge in [-0.25, -0.2) is 0 Å². The first-order valence-corrected chi connectivity index (χ1v) is 28.6. The Morgan fingerprint density at radius 1 is 0.530 bits per heavy atom. The van der Waals surface area contributed by atoms with Crippen LogP contribution in [0.5, 0.6) is 0 Å². The van der Waals surface area contributed by atoms with Gasteiger partial charge in [-0.2, -0.15) is 0 Å². The summed E-state index contributed by atoms with van der Waals surface area (Å²) in [6.45, 7) is 23.9. The number of carbonyl (C=O) groups is 2. The Balaban J connectivity index is 0.000000192. The van der Waals surface area contributed by atoms with Gasteiger partial charge < -0.3 is 29.0 Å². The van der Waals surface area contributed by atoms with E-state index in [9.17, 15) is 9.59 Å². The molecule has 0 saturated carbocycles. The molecular formula is C71H66Ir2N2O6S2-2. The van der Waals surface area contributed by atoms with Crippen LogP contribution in [0.4, 0.5) is 0 Å². The number of aliphatic hydroxyl groups is 2. The number of fused-ring (bicyclic) bond motifs is 8. The van der Waals surface area contributed by atoms with Crippen molar-refractivity contribution < 1.29 is 68.8 Å². The second-order valence-corrected chi connectivity index (χ2v) is 24.9. The van der Waals surface area contributed by atoms with Crippen molar-refractivity contribution in [1.29, 1.82) is 0 Å². The van der Waals surface area contributed by atoms with Gasteiger partial charge in [0.25, 0.3) is 0 Å². The monoisotopic (exact) mass is 1490 g/mol. The van der Waals surface area contributed by atoms with Crippen molar-refractivity contribution >= 4 is 98.3 Å². The number of benzene rings is 6. The van der Waals surface area contributed by atoms with Crippen LogP contribution < -0.4 is 0 Å². The summed E-state index contributed by atoms with van der Waals surface area (Å²) in [5.41, 5.74) is 13.9. The van der Waals surface area contributed by atoms with E-state index in [0.29, 0.717) is 5.92 Å². The van der Waals surface area contributed by atoms with Crippen LogP contribution in [0.3, 0.4) is 0 Å². The van der Waals surface area contributed by atoms with Crippen molar-refractivity contribution in [2.24, 2.45) is 0 Å². The molecule has 2 radical (unpaired) electrons. The molecule has 83 heavy (non-hydrogen) atoms. The van der Waals surface area contributed by atoms with Gasteiger partial charge in [-0.3, -0.25) is 9.59 Å². The van der Waals surface area contributed by atoms with Gasteiger partial charge in [0.15, 0.2) is 11.6 Å². The summed E-state index contributed by atoms with van der Waals surface area (Å²) in [5, 5.41) is 23.5. The first kappa shape index (κ1) is 63.4.